The minimum absolute atomic E-state index is 0.0291. The Morgan fingerprint density at radius 3 is 2.44 bits per heavy atom. The third kappa shape index (κ3) is 6.79. The van der Waals surface area contributed by atoms with Crippen LogP contribution in [0.1, 0.15) is 32.3 Å². The maximum Gasteiger partial charge on any atom is 0.216 e. The zero-order valence-electron chi connectivity index (χ0n) is 16.7. The predicted octanol–water partition coefficient (Wildman–Crippen LogP) is 1.39. The zero-order valence-corrected chi connectivity index (χ0v) is 17.5. The van der Waals surface area contributed by atoms with Gasteiger partial charge in [0.25, 0.3) is 0 Å². The van der Waals surface area contributed by atoms with Gasteiger partial charge in [0, 0.05) is 33.2 Å². The van der Waals surface area contributed by atoms with E-state index in [1.165, 1.54) is 9.87 Å². The molecule has 7 nitrogen and oxygen atoms in total. The fraction of sp³-hybridized carbons (Fsp3) is 0.632. The summed E-state index contributed by atoms with van der Waals surface area (Å²) in [7, 11) is -1.64. The quantitative estimate of drug-likeness (QED) is 0.538. The first-order chi connectivity index (χ1) is 12.8. The lowest BCUT2D eigenvalue weighted by Gasteiger charge is -2.34. The molecule has 1 aliphatic heterocycles. The largest absolute Gasteiger partial charge is 0.373 e. The van der Waals surface area contributed by atoms with Crippen molar-refractivity contribution in [2.45, 2.75) is 38.9 Å². The highest BCUT2D eigenvalue weighted by molar-refractivity contribution is 7.89. The van der Waals surface area contributed by atoms with E-state index in [-0.39, 0.29) is 18.0 Å². The molecular formula is C19H32N4O3S. The number of hydrogen-bond acceptors (Lipinski definition) is 4. The van der Waals surface area contributed by atoms with Crippen molar-refractivity contribution in [3.8, 4) is 0 Å². The highest BCUT2D eigenvalue weighted by Gasteiger charge is 2.30. The number of nitrogens with zero attached hydrogens (tertiary/aromatic N) is 2. The second-order valence-electron chi connectivity index (χ2n) is 7.08. The van der Waals surface area contributed by atoms with Crippen molar-refractivity contribution in [3.05, 3.63) is 35.9 Å². The summed E-state index contributed by atoms with van der Waals surface area (Å²) < 4.78 is 32.3. The molecule has 3 unspecified atom stereocenters. The van der Waals surface area contributed by atoms with Gasteiger partial charge < -0.3 is 15.4 Å². The summed E-state index contributed by atoms with van der Waals surface area (Å²) in [5.74, 6) is 0.961. The van der Waals surface area contributed by atoms with Gasteiger partial charge in [-0.1, -0.05) is 37.3 Å². The van der Waals surface area contributed by atoms with Crippen LogP contribution < -0.4 is 10.6 Å². The Bertz CT molecular complexity index is 699. The van der Waals surface area contributed by atoms with Crippen LogP contribution in [0.15, 0.2) is 35.3 Å². The predicted molar refractivity (Wildman–Crippen MR) is 110 cm³/mol. The molecule has 152 valence electrons. The third-order valence-corrected chi connectivity index (χ3v) is 6.40. The minimum atomic E-state index is -3.32. The van der Waals surface area contributed by atoms with Gasteiger partial charge in [0.2, 0.25) is 10.0 Å². The van der Waals surface area contributed by atoms with E-state index in [4.69, 9.17) is 4.74 Å². The van der Waals surface area contributed by atoms with Crippen LogP contribution in [0, 0.1) is 0 Å². The molecule has 0 radical (unpaired) electrons. The number of aliphatic imine (C=N–C) groups is 1. The molecule has 1 aliphatic rings. The number of nitrogens with one attached hydrogen (secondary N) is 2. The van der Waals surface area contributed by atoms with Gasteiger partial charge in [0.1, 0.15) is 0 Å². The fourth-order valence-electron chi connectivity index (χ4n) is 3.16. The fourth-order valence-corrected chi connectivity index (χ4v) is 4.65. The Morgan fingerprint density at radius 1 is 1.22 bits per heavy atom. The summed E-state index contributed by atoms with van der Waals surface area (Å²) in [6.07, 6.45) is -0.157. The van der Waals surface area contributed by atoms with Gasteiger partial charge in [-0.2, -0.15) is 4.31 Å². The SMILES string of the molecule is CN=C(NCCS(=O)(=O)N1CC(C)OC(C)C1)NCC(C)c1ccccc1. The Hall–Kier alpha value is -1.64. The monoisotopic (exact) mass is 396 g/mol. The van der Waals surface area contributed by atoms with E-state index in [0.29, 0.717) is 31.5 Å². The van der Waals surface area contributed by atoms with E-state index < -0.39 is 10.0 Å². The standard InChI is InChI=1S/C19H32N4O3S/c1-15(18-8-6-5-7-9-18)12-22-19(20-4)21-10-11-27(24,25)23-13-16(2)26-17(3)14-23/h5-9,15-17H,10-14H2,1-4H3,(H2,20,21,22). The molecule has 1 saturated heterocycles. The van der Waals surface area contributed by atoms with Gasteiger partial charge in [-0.05, 0) is 25.3 Å². The maximum absolute atomic E-state index is 12.6. The van der Waals surface area contributed by atoms with Crippen molar-refractivity contribution in [1.82, 2.24) is 14.9 Å². The van der Waals surface area contributed by atoms with Gasteiger partial charge in [-0.15, -0.1) is 0 Å². The summed E-state index contributed by atoms with van der Waals surface area (Å²) in [6, 6.07) is 10.2. The molecule has 1 aromatic rings. The highest BCUT2D eigenvalue weighted by atomic mass is 32.2. The van der Waals surface area contributed by atoms with Crippen molar-refractivity contribution in [2.75, 3.05) is 39.0 Å². The third-order valence-electron chi connectivity index (χ3n) is 4.60. The molecule has 1 fully saturated rings. The highest BCUT2D eigenvalue weighted by Crippen LogP contribution is 2.15. The minimum Gasteiger partial charge on any atom is -0.373 e. The van der Waals surface area contributed by atoms with Crippen LogP contribution in [0.25, 0.3) is 0 Å². The first-order valence-electron chi connectivity index (χ1n) is 9.44. The smallest absolute Gasteiger partial charge is 0.216 e. The van der Waals surface area contributed by atoms with Crippen LogP contribution in [0.2, 0.25) is 0 Å². The molecule has 1 aromatic carbocycles. The second-order valence-corrected chi connectivity index (χ2v) is 9.17. The topological polar surface area (TPSA) is 83.0 Å². The van der Waals surface area contributed by atoms with Crippen LogP contribution in [0.5, 0.6) is 0 Å². The molecule has 0 aromatic heterocycles. The number of rotatable bonds is 7. The Morgan fingerprint density at radius 2 is 1.85 bits per heavy atom. The summed E-state index contributed by atoms with van der Waals surface area (Å²) in [4.78, 5) is 4.18. The molecule has 1 heterocycles. The summed E-state index contributed by atoms with van der Waals surface area (Å²) in [5, 5.41) is 6.35. The van der Waals surface area contributed by atoms with Crippen molar-refractivity contribution in [1.29, 1.82) is 0 Å². The lowest BCUT2D eigenvalue weighted by Crippen LogP contribution is -2.50. The van der Waals surface area contributed by atoms with E-state index in [0.717, 1.165) is 6.54 Å². The van der Waals surface area contributed by atoms with E-state index in [9.17, 15) is 8.42 Å². The summed E-state index contributed by atoms with van der Waals surface area (Å²) >= 11 is 0. The van der Waals surface area contributed by atoms with Crippen molar-refractivity contribution >= 4 is 16.0 Å². The first kappa shape index (κ1) is 21.7. The lowest BCUT2D eigenvalue weighted by molar-refractivity contribution is -0.0440. The molecule has 27 heavy (non-hydrogen) atoms. The molecule has 3 atom stereocenters. The van der Waals surface area contributed by atoms with Gasteiger partial charge >= 0.3 is 0 Å². The molecule has 2 N–H and O–H groups in total. The van der Waals surface area contributed by atoms with Crippen LogP contribution in [0.3, 0.4) is 0 Å². The number of hydrogen-bond donors (Lipinski definition) is 2. The molecular weight excluding hydrogens is 364 g/mol. The summed E-state index contributed by atoms with van der Waals surface area (Å²) in [5.41, 5.74) is 1.25. The Kier molecular flexibility index (Phi) is 8.07. The Balaban J connectivity index is 1.78. The van der Waals surface area contributed by atoms with Crippen LogP contribution in [0.4, 0.5) is 0 Å². The zero-order chi connectivity index (χ0) is 19.9. The Labute approximate surface area is 163 Å². The maximum atomic E-state index is 12.6. The van der Waals surface area contributed by atoms with E-state index in [1.807, 2.05) is 32.0 Å². The normalized spacial score (nSPS) is 23.0. The van der Waals surface area contributed by atoms with Gasteiger partial charge in [0.05, 0.1) is 18.0 Å². The van der Waals surface area contributed by atoms with Gasteiger partial charge in [-0.3, -0.25) is 4.99 Å². The van der Waals surface area contributed by atoms with E-state index >= 15 is 0 Å². The van der Waals surface area contributed by atoms with Crippen molar-refractivity contribution in [2.24, 2.45) is 4.99 Å². The second kappa shape index (κ2) is 10.1. The van der Waals surface area contributed by atoms with Crippen LogP contribution in [-0.4, -0.2) is 69.9 Å². The average molecular weight is 397 g/mol. The lowest BCUT2D eigenvalue weighted by atomic mass is 10.0. The van der Waals surface area contributed by atoms with Crippen LogP contribution >= 0.6 is 0 Å². The van der Waals surface area contributed by atoms with E-state index in [2.05, 4.69) is 34.7 Å². The van der Waals surface area contributed by atoms with Crippen molar-refractivity contribution in [3.63, 3.8) is 0 Å². The molecule has 0 aliphatic carbocycles. The number of guanidine groups is 1. The number of morpholine rings is 1. The molecule has 0 saturated carbocycles. The average Bonchev–Trinajstić information content (AvgIpc) is 2.64. The number of sulfonamides is 1. The molecule has 0 spiro atoms. The van der Waals surface area contributed by atoms with E-state index in [1.54, 1.807) is 7.05 Å². The molecule has 0 amide bonds. The van der Waals surface area contributed by atoms with Gasteiger partial charge in [0.15, 0.2) is 5.96 Å². The first-order valence-corrected chi connectivity index (χ1v) is 11.1. The molecule has 2 rings (SSSR count). The molecule has 0 bridgehead atoms. The number of benzene rings is 1. The number of ether oxygens (including phenoxy) is 1. The van der Waals surface area contributed by atoms with Crippen molar-refractivity contribution < 1.29 is 13.2 Å². The molecule has 8 heteroatoms. The summed E-state index contributed by atoms with van der Waals surface area (Å²) in [6.45, 7) is 7.78. The van der Waals surface area contributed by atoms with Gasteiger partial charge in [-0.25, -0.2) is 8.42 Å². The van der Waals surface area contributed by atoms with Crippen LogP contribution in [-0.2, 0) is 14.8 Å².